The fourth-order valence-electron chi connectivity index (χ4n) is 2.94. The van der Waals surface area contributed by atoms with Gasteiger partial charge in [-0.25, -0.2) is 4.98 Å². The zero-order chi connectivity index (χ0) is 19.7. The van der Waals surface area contributed by atoms with Gasteiger partial charge in [-0.2, -0.15) is 0 Å². The van der Waals surface area contributed by atoms with Crippen LogP contribution < -0.4 is 10.6 Å². The normalized spacial score (nSPS) is 10.8. The smallest absolute Gasteiger partial charge is 0.259 e. The van der Waals surface area contributed by atoms with Gasteiger partial charge in [0, 0.05) is 7.05 Å². The Balaban J connectivity index is 1.80. The number of amides is 2. The SMILES string of the molecule is CNC(=O)c1ccccc1NC(=O)c1cc(-c2cccs2)nc2onc(C)c12. The second-order valence-electron chi connectivity index (χ2n) is 6.06. The van der Waals surface area contributed by atoms with Crippen molar-refractivity contribution in [3.63, 3.8) is 0 Å². The van der Waals surface area contributed by atoms with E-state index in [0.29, 0.717) is 39.3 Å². The van der Waals surface area contributed by atoms with E-state index in [-0.39, 0.29) is 11.8 Å². The van der Waals surface area contributed by atoms with Crippen LogP contribution in [0.5, 0.6) is 0 Å². The molecule has 0 aliphatic heterocycles. The van der Waals surface area contributed by atoms with E-state index in [1.165, 1.54) is 11.3 Å². The number of anilines is 1. The first kappa shape index (κ1) is 17.9. The molecule has 1 aromatic carbocycles. The Kier molecular flexibility index (Phi) is 4.62. The van der Waals surface area contributed by atoms with Gasteiger partial charge in [-0.3, -0.25) is 9.59 Å². The summed E-state index contributed by atoms with van der Waals surface area (Å²) >= 11 is 1.52. The highest BCUT2D eigenvalue weighted by Crippen LogP contribution is 2.30. The third kappa shape index (κ3) is 3.14. The number of aromatic nitrogens is 2. The minimum Gasteiger partial charge on any atom is -0.355 e. The van der Waals surface area contributed by atoms with Crippen LogP contribution in [0.2, 0.25) is 0 Å². The predicted octanol–water partition coefficient (Wildman–Crippen LogP) is 3.87. The molecule has 3 heterocycles. The van der Waals surface area contributed by atoms with E-state index in [0.717, 1.165) is 4.88 Å². The van der Waals surface area contributed by atoms with Crippen molar-refractivity contribution in [2.75, 3.05) is 12.4 Å². The largest absolute Gasteiger partial charge is 0.355 e. The summed E-state index contributed by atoms with van der Waals surface area (Å²) in [6.45, 7) is 1.76. The number of benzene rings is 1. The standard InChI is InChI=1S/C20H16N4O3S/c1-11-17-13(10-15(16-8-5-9-28-16)23-20(17)27-24-11)19(26)22-14-7-4-3-6-12(14)18(25)21-2/h3-10H,1-2H3,(H,21,25)(H,22,26). The van der Waals surface area contributed by atoms with Gasteiger partial charge in [-0.1, -0.05) is 23.4 Å². The Morgan fingerprint density at radius 3 is 2.64 bits per heavy atom. The van der Waals surface area contributed by atoms with Gasteiger partial charge in [0.15, 0.2) is 0 Å². The van der Waals surface area contributed by atoms with Crippen molar-refractivity contribution >= 4 is 39.9 Å². The molecule has 0 aliphatic carbocycles. The Morgan fingerprint density at radius 2 is 1.89 bits per heavy atom. The third-order valence-electron chi connectivity index (χ3n) is 4.28. The molecule has 0 spiro atoms. The van der Waals surface area contributed by atoms with E-state index in [4.69, 9.17) is 4.52 Å². The summed E-state index contributed by atoms with van der Waals surface area (Å²) < 4.78 is 5.31. The number of nitrogens with one attached hydrogen (secondary N) is 2. The van der Waals surface area contributed by atoms with Crippen LogP contribution in [0, 0.1) is 6.92 Å². The molecule has 4 rings (SSSR count). The van der Waals surface area contributed by atoms with Gasteiger partial charge in [0.2, 0.25) is 0 Å². The van der Waals surface area contributed by atoms with Gasteiger partial charge in [0.25, 0.3) is 17.5 Å². The number of nitrogens with zero attached hydrogens (tertiary/aromatic N) is 2. The van der Waals surface area contributed by atoms with Gasteiger partial charge in [0.1, 0.15) is 0 Å². The molecular weight excluding hydrogens is 376 g/mol. The lowest BCUT2D eigenvalue weighted by atomic mass is 10.1. The van der Waals surface area contributed by atoms with Crippen LogP contribution in [0.1, 0.15) is 26.4 Å². The average Bonchev–Trinajstić information content (AvgIpc) is 3.37. The number of fused-ring (bicyclic) bond motifs is 1. The number of thiophene rings is 1. The van der Waals surface area contributed by atoms with E-state index >= 15 is 0 Å². The second-order valence-corrected chi connectivity index (χ2v) is 7.01. The fourth-order valence-corrected chi connectivity index (χ4v) is 3.62. The zero-order valence-corrected chi connectivity index (χ0v) is 16.0. The summed E-state index contributed by atoms with van der Waals surface area (Å²) in [4.78, 5) is 30.6. The highest BCUT2D eigenvalue weighted by atomic mass is 32.1. The maximum atomic E-state index is 13.1. The van der Waals surface area contributed by atoms with Gasteiger partial charge in [-0.05, 0) is 36.6 Å². The topological polar surface area (TPSA) is 97.1 Å². The summed E-state index contributed by atoms with van der Waals surface area (Å²) in [5.41, 5.74) is 2.69. The van der Waals surface area contributed by atoms with Crippen LogP contribution in [0.25, 0.3) is 21.7 Å². The minimum atomic E-state index is -0.368. The minimum absolute atomic E-state index is 0.281. The Hall–Kier alpha value is -3.52. The maximum absolute atomic E-state index is 13.1. The molecule has 0 atom stereocenters. The van der Waals surface area contributed by atoms with Gasteiger partial charge in [0.05, 0.1) is 38.5 Å². The van der Waals surface area contributed by atoms with Crippen molar-refractivity contribution in [1.82, 2.24) is 15.5 Å². The van der Waals surface area contributed by atoms with E-state index in [9.17, 15) is 9.59 Å². The Labute approximate surface area is 164 Å². The number of hydrogen-bond acceptors (Lipinski definition) is 6. The molecule has 0 saturated carbocycles. The molecule has 28 heavy (non-hydrogen) atoms. The molecule has 4 aromatic rings. The quantitative estimate of drug-likeness (QED) is 0.549. The molecular formula is C20H16N4O3S. The number of aryl methyl sites for hydroxylation is 1. The van der Waals surface area contributed by atoms with Gasteiger partial charge < -0.3 is 15.2 Å². The number of pyridine rings is 1. The fraction of sp³-hybridized carbons (Fsp3) is 0.100. The maximum Gasteiger partial charge on any atom is 0.259 e. The zero-order valence-electron chi connectivity index (χ0n) is 15.1. The number of carbonyl (C=O) groups is 2. The van der Waals surface area contributed by atoms with Crippen LogP contribution in [0.3, 0.4) is 0 Å². The molecule has 2 N–H and O–H groups in total. The van der Waals surface area contributed by atoms with Crippen molar-refractivity contribution in [2.45, 2.75) is 6.92 Å². The summed E-state index contributed by atoms with van der Waals surface area (Å²) in [5.74, 6) is -0.649. The van der Waals surface area contributed by atoms with Crippen molar-refractivity contribution < 1.29 is 14.1 Å². The van der Waals surface area contributed by atoms with Crippen molar-refractivity contribution in [1.29, 1.82) is 0 Å². The Morgan fingerprint density at radius 1 is 1.07 bits per heavy atom. The van der Waals surface area contributed by atoms with Crippen LogP contribution in [-0.2, 0) is 0 Å². The number of hydrogen-bond donors (Lipinski definition) is 2. The average molecular weight is 392 g/mol. The molecule has 0 radical (unpaired) electrons. The first-order chi connectivity index (χ1) is 13.6. The molecule has 0 fully saturated rings. The van der Waals surface area contributed by atoms with Gasteiger partial charge >= 0.3 is 0 Å². The predicted molar refractivity (Wildman–Crippen MR) is 108 cm³/mol. The summed E-state index contributed by atoms with van der Waals surface area (Å²) in [6.07, 6.45) is 0. The van der Waals surface area contributed by atoms with E-state index in [1.807, 2.05) is 17.5 Å². The lowest BCUT2D eigenvalue weighted by Crippen LogP contribution is -2.21. The van der Waals surface area contributed by atoms with E-state index in [1.54, 1.807) is 44.3 Å². The number of carbonyl (C=O) groups excluding carboxylic acids is 2. The molecule has 0 unspecified atom stereocenters. The lowest BCUT2D eigenvalue weighted by molar-refractivity contribution is 0.0964. The third-order valence-corrected chi connectivity index (χ3v) is 5.17. The van der Waals surface area contributed by atoms with Crippen molar-refractivity contribution in [3.05, 3.63) is 64.7 Å². The van der Waals surface area contributed by atoms with E-state index in [2.05, 4.69) is 20.8 Å². The van der Waals surface area contributed by atoms with Crippen LogP contribution in [-0.4, -0.2) is 29.0 Å². The summed E-state index contributed by atoms with van der Waals surface area (Å²) in [5, 5.41) is 11.8. The van der Waals surface area contributed by atoms with Gasteiger partial charge in [-0.15, -0.1) is 11.3 Å². The van der Waals surface area contributed by atoms with Crippen LogP contribution in [0.15, 0.2) is 52.4 Å². The molecule has 2 amide bonds. The monoisotopic (exact) mass is 392 g/mol. The summed E-state index contributed by atoms with van der Waals surface area (Å²) in [7, 11) is 1.54. The number of para-hydroxylation sites is 1. The summed E-state index contributed by atoms with van der Waals surface area (Å²) in [6, 6.07) is 12.4. The highest BCUT2D eigenvalue weighted by molar-refractivity contribution is 7.13. The molecule has 140 valence electrons. The number of rotatable bonds is 4. The van der Waals surface area contributed by atoms with Crippen molar-refractivity contribution in [2.24, 2.45) is 0 Å². The van der Waals surface area contributed by atoms with Crippen molar-refractivity contribution in [3.8, 4) is 10.6 Å². The lowest BCUT2D eigenvalue weighted by Gasteiger charge is -2.11. The molecule has 8 heteroatoms. The molecule has 3 aromatic heterocycles. The molecule has 0 bridgehead atoms. The highest BCUT2D eigenvalue weighted by Gasteiger charge is 2.21. The Bertz CT molecular complexity index is 1180. The second kappa shape index (κ2) is 7.24. The molecule has 7 nitrogen and oxygen atoms in total. The van der Waals surface area contributed by atoms with Crippen LogP contribution in [0.4, 0.5) is 5.69 Å². The van der Waals surface area contributed by atoms with E-state index < -0.39 is 0 Å². The first-order valence-corrected chi connectivity index (χ1v) is 9.40. The van der Waals surface area contributed by atoms with Crippen LogP contribution >= 0.6 is 11.3 Å². The molecule has 0 saturated heterocycles. The first-order valence-electron chi connectivity index (χ1n) is 8.52. The molecule has 0 aliphatic rings.